The third kappa shape index (κ3) is 6.51. The van der Waals surface area contributed by atoms with E-state index in [4.69, 9.17) is 16.3 Å². The maximum Gasteiger partial charge on any atom is 0.339 e. The van der Waals surface area contributed by atoms with Crippen molar-refractivity contribution in [3.05, 3.63) is 70.8 Å². The summed E-state index contributed by atoms with van der Waals surface area (Å²) in [5.74, 6) is -0.547. The van der Waals surface area contributed by atoms with E-state index in [-0.39, 0.29) is 24.2 Å². The highest BCUT2D eigenvalue weighted by molar-refractivity contribution is 6.33. The van der Waals surface area contributed by atoms with Gasteiger partial charge in [-0.05, 0) is 56.4 Å². The summed E-state index contributed by atoms with van der Waals surface area (Å²) in [4.78, 5) is 25.2. The molecule has 3 nitrogen and oxygen atoms in total. The highest BCUT2D eigenvalue weighted by atomic mass is 35.5. The number of benzene rings is 1. The first-order valence-corrected chi connectivity index (χ1v) is 9.53. The molecule has 0 aliphatic heterocycles. The van der Waals surface area contributed by atoms with Crippen molar-refractivity contribution in [1.29, 1.82) is 0 Å². The predicted octanol–water partition coefficient (Wildman–Crippen LogP) is 5.96. The summed E-state index contributed by atoms with van der Waals surface area (Å²) in [6, 6.07) is 1.84. The number of carbonyl (C=O) groups excluding carboxylic acids is 2. The Hall–Kier alpha value is -2.13. The van der Waals surface area contributed by atoms with Crippen molar-refractivity contribution < 1.29 is 14.3 Å². The molecule has 1 aromatic rings. The van der Waals surface area contributed by atoms with E-state index >= 15 is 0 Å². The van der Waals surface area contributed by atoms with E-state index in [1.165, 1.54) is 6.08 Å². The summed E-state index contributed by atoms with van der Waals surface area (Å²) in [5.41, 5.74) is 2.48. The lowest BCUT2D eigenvalue weighted by Gasteiger charge is -2.20. The van der Waals surface area contributed by atoms with Crippen LogP contribution in [0.4, 0.5) is 0 Å². The zero-order valence-electron chi connectivity index (χ0n) is 16.7. The summed E-state index contributed by atoms with van der Waals surface area (Å²) in [6.07, 6.45) is 8.19. The molecule has 27 heavy (non-hydrogen) atoms. The van der Waals surface area contributed by atoms with Crippen molar-refractivity contribution in [2.75, 3.05) is 0 Å². The van der Waals surface area contributed by atoms with E-state index in [0.717, 1.165) is 24.0 Å². The first-order valence-electron chi connectivity index (χ1n) is 9.15. The van der Waals surface area contributed by atoms with Gasteiger partial charge in [-0.25, -0.2) is 4.79 Å². The van der Waals surface area contributed by atoms with Crippen LogP contribution in [-0.4, -0.2) is 17.9 Å². The number of hydrogen-bond donors (Lipinski definition) is 0. The van der Waals surface area contributed by atoms with Crippen LogP contribution in [0.5, 0.6) is 0 Å². The Kier molecular flexibility index (Phi) is 9.23. The monoisotopic (exact) mass is 388 g/mol. The standard InChI is InChI=1S/C23H29ClO3/c1-7-9-10-11-12-19(25)14-20-21(16(4)13-17(5)22(20)24)23(26)27-18(6)15(3)8-2/h7-8,11-13,15,18H,1-2,9-10,14H2,3-6H3/b12-11+/t15-,18+/m0/s1. The van der Waals surface area contributed by atoms with Crippen LogP contribution in [0.3, 0.4) is 0 Å². The zero-order valence-corrected chi connectivity index (χ0v) is 17.4. The number of esters is 1. The number of allylic oxidation sites excluding steroid dienone is 3. The van der Waals surface area contributed by atoms with Crippen molar-refractivity contribution in [2.45, 2.75) is 53.1 Å². The summed E-state index contributed by atoms with van der Waals surface area (Å²) < 4.78 is 5.59. The van der Waals surface area contributed by atoms with Crippen molar-refractivity contribution >= 4 is 23.4 Å². The van der Waals surface area contributed by atoms with Crippen LogP contribution in [-0.2, 0) is 16.0 Å². The number of aryl methyl sites for hydroxylation is 2. The van der Waals surface area contributed by atoms with Crippen LogP contribution < -0.4 is 0 Å². The van der Waals surface area contributed by atoms with Crippen molar-refractivity contribution in [3.8, 4) is 0 Å². The summed E-state index contributed by atoms with van der Waals surface area (Å²) in [6.45, 7) is 14.8. The van der Waals surface area contributed by atoms with Crippen LogP contribution in [0, 0.1) is 19.8 Å². The molecule has 0 saturated heterocycles. The van der Waals surface area contributed by atoms with E-state index in [1.54, 1.807) is 12.2 Å². The first kappa shape index (κ1) is 22.9. The Morgan fingerprint density at radius 3 is 2.44 bits per heavy atom. The van der Waals surface area contributed by atoms with Crippen LogP contribution in [0.15, 0.2) is 43.5 Å². The maximum absolute atomic E-state index is 12.8. The second-order valence-corrected chi connectivity index (χ2v) is 7.17. The van der Waals surface area contributed by atoms with Crippen molar-refractivity contribution in [2.24, 2.45) is 5.92 Å². The summed E-state index contributed by atoms with van der Waals surface area (Å²) >= 11 is 6.46. The predicted molar refractivity (Wildman–Crippen MR) is 112 cm³/mol. The van der Waals surface area contributed by atoms with Gasteiger partial charge in [-0.1, -0.05) is 42.8 Å². The third-order valence-corrected chi connectivity index (χ3v) is 5.07. The van der Waals surface area contributed by atoms with Gasteiger partial charge in [0.05, 0.1) is 5.56 Å². The van der Waals surface area contributed by atoms with Crippen LogP contribution in [0.2, 0.25) is 5.02 Å². The second kappa shape index (κ2) is 10.9. The summed E-state index contributed by atoms with van der Waals surface area (Å²) in [7, 11) is 0. The van der Waals surface area contributed by atoms with Gasteiger partial charge in [-0.15, -0.1) is 13.2 Å². The fourth-order valence-corrected chi connectivity index (χ4v) is 2.90. The summed E-state index contributed by atoms with van der Waals surface area (Å²) in [5, 5.41) is 0.435. The van der Waals surface area contributed by atoms with Gasteiger partial charge in [0.25, 0.3) is 0 Å². The minimum absolute atomic E-state index is 0.0213. The number of ketones is 1. The van der Waals surface area contributed by atoms with E-state index in [0.29, 0.717) is 16.1 Å². The molecule has 0 N–H and O–H groups in total. The number of ether oxygens (including phenoxy) is 1. The molecule has 2 atom stereocenters. The molecule has 0 saturated carbocycles. The molecule has 0 spiro atoms. The minimum atomic E-state index is -0.464. The molecule has 146 valence electrons. The van der Waals surface area contributed by atoms with Gasteiger partial charge in [-0.2, -0.15) is 0 Å². The highest BCUT2D eigenvalue weighted by Crippen LogP contribution is 2.29. The van der Waals surface area contributed by atoms with Gasteiger partial charge in [-0.3, -0.25) is 4.79 Å². The molecule has 1 rings (SSSR count). The fourth-order valence-electron chi connectivity index (χ4n) is 2.68. The molecule has 0 aliphatic rings. The molecule has 0 aromatic heterocycles. The SMILES string of the molecule is C=CCC/C=C/C(=O)Cc1c(Cl)c(C)cc(C)c1C(=O)O[C@H](C)[C@@H](C)C=C. The van der Waals surface area contributed by atoms with Gasteiger partial charge >= 0.3 is 5.97 Å². The average molecular weight is 389 g/mol. The topological polar surface area (TPSA) is 43.4 Å². The quantitative estimate of drug-likeness (QED) is 0.215. The molecule has 4 heteroatoms. The Morgan fingerprint density at radius 1 is 1.19 bits per heavy atom. The second-order valence-electron chi connectivity index (χ2n) is 6.79. The lowest BCUT2D eigenvalue weighted by atomic mass is 9.94. The zero-order chi connectivity index (χ0) is 20.6. The fraction of sp³-hybridized carbons (Fsp3) is 0.391. The van der Waals surface area contributed by atoms with Crippen LogP contribution in [0.1, 0.15) is 53.7 Å². The minimum Gasteiger partial charge on any atom is -0.458 e. The molecule has 0 unspecified atom stereocenters. The van der Waals surface area contributed by atoms with Gasteiger partial charge < -0.3 is 4.74 Å². The third-order valence-electron chi connectivity index (χ3n) is 4.54. The number of hydrogen-bond acceptors (Lipinski definition) is 3. The first-order chi connectivity index (χ1) is 12.7. The van der Waals surface area contributed by atoms with Crippen LogP contribution in [0.25, 0.3) is 0 Å². The van der Waals surface area contributed by atoms with Gasteiger partial charge in [0.2, 0.25) is 0 Å². The van der Waals surface area contributed by atoms with Gasteiger partial charge in [0.15, 0.2) is 5.78 Å². The lowest BCUT2D eigenvalue weighted by molar-refractivity contribution is -0.114. The Bertz CT molecular complexity index is 746. The number of unbranched alkanes of at least 4 members (excludes halogenated alkanes) is 1. The molecular formula is C23H29ClO3. The Balaban J connectivity index is 3.17. The molecule has 0 heterocycles. The van der Waals surface area contributed by atoms with Crippen molar-refractivity contribution in [1.82, 2.24) is 0 Å². The molecule has 0 radical (unpaired) electrons. The van der Waals surface area contributed by atoms with E-state index in [9.17, 15) is 9.59 Å². The van der Waals surface area contributed by atoms with Crippen LogP contribution >= 0.6 is 11.6 Å². The number of carbonyl (C=O) groups is 2. The van der Waals surface area contributed by atoms with E-state index < -0.39 is 5.97 Å². The largest absolute Gasteiger partial charge is 0.458 e. The Labute approximate surface area is 167 Å². The highest BCUT2D eigenvalue weighted by Gasteiger charge is 2.24. The molecule has 0 amide bonds. The normalized spacial score (nSPS) is 13.2. The molecule has 0 fully saturated rings. The number of rotatable bonds is 10. The molecule has 1 aromatic carbocycles. The average Bonchev–Trinajstić information content (AvgIpc) is 2.62. The number of halogens is 1. The van der Waals surface area contributed by atoms with E-state index in [1.807, 2.05) is 39.8 Å². The molecular weight excluding hydrogens is 360 g/mol. The van der Waals surface area contributed by atoms with E-state index in [2.05, 4.69) is 13.2 Å². The molecule has 0 bridgehead atoms. The lowest BCUT2D eigenvalue weighted by Crippen LogP contribution is -2.23. The smallest absolute Gasteiger partial charge is 0.339 e. The molecule has 0 aliphatic carbocycles. The van der Waals surface area contributed by atoms with Crippen molar-refractivity contribution in [3.63, 3.8) is 0 Å². The van der Waals surface area contributed by atoms with Gasteiger partial charge in [0, 0.05) is 17.4 Å². The Morgan fingerprint density at radius 2 is 1.85 bits per heavy atom. The maximum atomic E-state index is 12.8. The van der Waals surface area contributed by atoms with Gasteiger partial charge in [0.1, 0.15) is 6.10 Å².